The van der Waals surface area contributed by atoms with Gasteiger partial charge in [0.25, 0.3) is 10.0 Å². The maximum Gasteiger partial charge on any atom is 0.337 e. The summed E-state index contributed by atoms with van der Waals surface area (Å²) in [7, 11) is -2.00. The van der Waals surface area contributed by atoms with Gasteiger partial charge in [0.1, 0.15) is 0 Å². The third-order valence-electron chi connectivity index (χ3n) is 4.64. The highest BCUT2D eigenvalue weighted by Gasteiger charge is 2.20. The average Bonchev–Trinajstić information content (AvgIpc) is 2.65. The summed E-state index contributed by atoms with van der Waals surface area (Å²) in [6, 6.07) is 11.4. The Kier molecular flexibility index (Phi) is 7.67. The van der Waals surface area contributed by atoms with Crippen LogP contribution in [-0.4, -0.2) is 33.1 Å². The first-order chi connectivity index (χ1) is 13.6. The SMILES string of the molecule is CCCCN(C)c1ccc(NS(=O)(=O)c2ccc(CC(C)C)cc2)c(C(=O)O)c1. The minimum Gasteiger partial charge on any atom is -0.478 e. The monoisotopic (exact) mass is 418 g/mol. The summed E-state index contributed by atoms with van der Waals surface area (Å²) in [5.41, 5.74) is 1.77. The van der Waals surface area contributed by atoms with Crippen LogP contribution in [0.3, 0.4) is 0 Å². The van der Waals surface area contributed by atoms with Crippen LogP contribution in [-0.2, 0) is 16.4 Å². The predicted molar refractivity (Wildman–Crippen MR) is 117 cm³/mol. The Morgan fingerprint density at radius 1 is 1.14 bits per heavy atom. The zero-order valence-electron chi connectivity index (χ0n) is 17.5. The largest absolute Gasteiger partial charge is 0.478 e. The average molecular weight is 419 g/mol. The van der Waals surface area contributed by atoms with Crippen LogP contribution < -0.4 is 9.62 Å². The number of carboxylic acid groups (broad SMARTS) is 1. The molecule has 158 valence electrons. The maximum atomic E-state index is 12.8. The van der Waals surface area contributed by atoms with Gasteiger partial charge in [0, 0.05) is 19.3 Å². The van der Waals surface area contributed by atoms with Crippen LogP contribution in [0.5, 0.6) is 0 Å². The van der Waals surface area contributed by atoms with Gasteiger partial charge in [0.2, 0.25) is 0 Å². The molecule has 0 aromatic heterocycles. The molecule has 0 radical (unpaired) electrons. The minimum absolute atomic E-state index is 0.0522. The van der Waals surface area contributed by atoms with Crippen LogP contribution >= 0.6 is 0 Å². The third kappa shape index (κ3) is 6.22. The molecule has 0 saturated carbocycles. The molecule has 0 heterocycles. The van der Waals surface area contributed by atoms with E-state index in [2.05, 4.69) is 25.5 Å². The number of hydrogen-bond donors (Lipinski definition) is 2. The number of benzene rings is 2. The lowest BCUT2D eigenvalue weighted by atomic mass is 10.0. The lowest BCUT2D eigenvalue weighted by Gasteiger charge is -2.20. The lowest BCUT2D eigenvalue weighted by molar-refractivity contribution is 0.0698. The second-order valence-corrected chi connectivity index (χ2v) is 9.34. The molecule has 0 aliphatic rings. The van der Waals surface area contributed by atoms with Crippen molar-refractivity contribution in [1.82, 2.24) is 0 Å². The number of hydrogen-bond acceptors (Lipinski definition) is 4. The normalized spacial score (nSPS) is 11.5. The van der Waals surface area contributed by atoms with Gasteiger partial charge in [0.05, 0.1) is 16.1 Å². The van der Waals surface area contributed by atoms with Gasteiger partial charge in [-0.05, 0) is 54.7 Å². The first-order valence-corrected chi connectivity index (χ1v) is 11.3. The third-order valence-corrected chi connectivity index (χ3v) is 6.02. The molecule has 2 aromatic rings. The molecular weight excluding hydrogens is 388 g/mol. The first-order valence-electron chi connectivity index (χ1n) is 9.84. The number of carbonyl (C=O) groups is 1. The summed E-state index contributed by atoms with van der Waals surface area (Å²) in [4.78, 5) is 13.8. The molecule has 2 rings (SSSR count). The summed E-state index contributed by atoms with van der Waals surface area (Å²) in [6.45, 7) is 7.08. The van der Waals surface area contributed by atoms with Crippen LogP contribution in [0.1, 0.15) is 49.5 Å². The van der Waals surface area contributed by atoms with Crippen molar-refractivity contribution in [2.45, 2.75) is 44.9 Å². The van der Waals surface area contributed by atoms with E-state index >= 15 is 0 Å². The molecule has 0 amide bonds. The van der Waals surface area contributed by atoms with Crippen LogP contribution in [0.4, 0.5) is 11.4 Å². The van der Waals surface area contributed by atoms with Crippen molar-refractivity contribution < 1.29 is 18.3 Å². The van der Waals surface area contributed by atoms with E-state index in [1.165, 1.54) is 12.1 Å². The smallest absolute Gasteiger partial charge is 0.337 e. The van der Waals surface area contributed by atoms with Gasteiger partial charge < -0.3 is 10.0 Å². The summed E-state index contributed by atoms with van der Waals surface area (Å²) in [5.74, 6) is -0.705. The maximum absolute atomic E-state index is 12.8. The summed E-state index contributed by atoms with van der Waals surface area (Å²) < 4.78 is 27.9. The number of anilines is 2. The van der Waals surface area contributed by atoms with E-state index in [0.29, 0.717) is 5.92 Å². The van der Waals surface area contributed by atoms with E-state index in [-0.39, 0.29) is 16.1 Å². The van der Waals surface area contributed by atoms with Gasteiger partial charge in [-0.2, -0.15) is 0 Å². The number of carboxylic acids is 1. The molecule has 0 unspecified atom stereocenters. The molecule has 29 heavy (non-hydrogen) atoms. The van der Waals surface area contributed by atoms with E-state index in [1.807, 2.05) is 11.9 Å². The second kappa shape index (κ2) is 9.78. The Morgan fingerprint density at radius 3 is 2.34 bits per heavy atom. The Labute approximate surface area is 173 Å². The van der Waals surface area contributed by atoms with Gasteiger partial charge in [-0.1, -0.05) is 39.3 Å². The summed E-state index contributed by atoms with van der Waals surface area (Å²) in [5, 5.41) is 9.58. The Hall–Kier alpha value is -2.54. The molecule has 2 N–H and O–H groups in total. The van der Waals surface area contributed by atoms with Crippen LogP contribution in [0.2, 0.25) is 0 Å². The van der Waals surface area contributed by atoms with Crippen molar-refractivity contribution in [3.05, 3.63) is 53.6 Å². The van der Waals surface area contributed by atoms with E-state index in [0.717, 1.165) is 37.1 Å². The molecule has 0 aliphatic carbocycles. The number of nitrogens with zero attached hydrogens (tertiary/aromatic N) is 1. The fourth-order valence-corrected chi connectivity index (χ4v) is 4.12. The van der Waals surface area contributed by atoms with Gasteiger partial charge in [-0.25, -0.2) is 13.2 Å². The zero-order valence-corrected chi connectivity index (χ0v) is 18.3. The predicted octanol–water partition coefficient (Wildman–Crippen LogP) is 4.62. The molecule has 0 saturated heterocycles. The Balaban J connectivity index is 2.28. The van der Waals surface area contributed by atoms with E-state index in [4.69, 9.17) is 0 Å². The number of sulfonamides is 1. The highest BCUT2D eigenvalue weighted by atomic mass is 32.2. The quantitative estimate of drug-likeness (QED) is 0.588. The summed E-state index contributed by atoms with van der Waals surface area (Å²) >= 11 is 0. The number of rotatable bonds is 10. The van der Waals surface area contributed by atoms with Crippen molar-refractivity contribution in [3.8, 4) is 0 Å². The van der Waals surface area contributed by atoms with E-state index < -0.39 is 16.0 Å². The van der Waals surface area contributed by atoms with Gasteiger partial charge in [0.15, 0.2) is 0 Å². The standard InChI is InChI=1S/C22H30N2O4S/c1-5-6-13-24(4)18-9-12-21(20(15-18)22(25)26)23-29(27,28)19-10-7-17(8-11-19)14-16(2)3/h7-12,15-16,23H,5-6,13-14H2,1-4H3,(H,25,26). The van der Waals surface area contributed by atoms with Crippen molar-refractivity contribution in [2.75, 3.05) is 23.2 Å². The highest BCUT2D eigenvalue weighted by Crippen LogP contribution is 2.26. The van der Waals surface area contributed by atoms with Crippen molar-refractivity contribution >= 4 is 27.4 Å². The summed E-state index contributed by atoms with van der Waals surface area (Å²) in [6.07, 6.45) is 2.88. The molecule has 0 bridgehead atoms. The number of aromatic carboxylic acids is 1. The lowest BCUT2D eigenvalue weighted by Crippen LogP contribution is -2.20. The molecule has 0 fully saturated rings. The molecule has 6 nitrogen and oxygen atoms in total. The molecule has 0 aliphatic heterocycles. The minimum atomic E-state index is -3.89. The van der Waals surface area contributed by atoms with Gasteiger partial charge in [-0.15, -0.1) is 0 Å². The molecule has 0 spiro atoms. The van der Waals surface area contributed by atoms with Gasteiger partial charge in [-0.3, -0.25) is 4.72 Å². The topological polar surface area (TPSA) is 86.7 Å². The van der Waals surface area contributed by atoms with Crippen molar-refractivity contribution in [3.63, 3.8) is 0 Å². The van der Waals surface area contributed by atoms with Crippen molar-refractivity contribution in [1.29, 1.82) is 0 Å². The van der Waals surface area contributed by atoms with Gasteiger partial charge >= 0.3 is 5.97 Å². The van der Waals surface area contributed by atoms with E-state index in [1.54, 1.807) is 30.3 Å². The fraction of sp³-hybridized carbons (Fsp3) is 0.409. The number of nitrogens with one attached hydrogen (secondary N) is 1. The van der Waals surface area contributed by atoms with E-state index in [9.17, 15) is 18.3 Å². The Morgan fingerprint density at radius 2 is 1.79 bits per heavy atom. The zero-order chi connectivity index (χ0) is 21.6. The van der Waals surface area contributed by atoms with Crippen LogP contribution in [0.15, 0.2) is 47.4 Å². The first kappa shape index (κ1) is 22.7. The molecule has 2 aromatic carbocycles. The fourth-order valence-electron chi connectivity index (χ4n) is 3.04. The number of unbranched alkanes of at least 4 members (excludes halogenated alkanes) is 1. The molecular formula is C22H30N2O4S. The Bertz CT molecular complexity index is 938. The van der Waals surface area contributed by atoms with Crippen molar-refractivity contribution in [2.24, 2.45) is 5.92 Å². The molecule has 0 atom stereocenters. The second-order valence-electron chi connectivity index (χ2n) is 7.66. The van der Waals surface area contributed by atoms with Crippen LogP contribution in [0.25, 0.3) is 0 Å². The van der Waals surface area contributed by atoms with Crippen LogP contribution in [0, 0.1) is 5.92 Å². The highest BCUT2D eigenvalue weighted by molar-refractivity contribution is 7.92. The molecule has 7 heteroatoms.